The van der Waals surface area contributed by atoms with Crippen molar-refractivity contribution in [3.63, 3.8) is 0 Å². The Morgan fingerprint density at radius 1 is 1.14 bits per heavy atom. The lowest BCUT2D eigenvalue weighted by atomic mass is 9.96. The van der Waals surface area contributed by atoms with Crippen LogP contribution in [0.1, 0.15) is 30.4 Å². The molecule has 3 rings (SSSR count). The average Bonchev–Trinajstić information content (AvgIpc) is 3.09. The summed E-state index contributed by atoms with van der Waals surface area (Å²) >= 11 is 0. The molecule has 156 valence electrons. The minimum Gasteiger partial charge on any atom is -0.455 e. The van der Waals surface area contributed by atoms with Crippen LogP contribution in [-0.4, -0.2) is 54.8 Å². The molecule has 2 N–H and O–H groups in total. The van der Waals surface area contributed by atoms with Gasteiger partial charge in [-0.15, -0.1) is 0 Å². The summed E-state index contributed by atoms with van der Waals surface area (Å²) in [6, 6.07) is 5.73. The predicted molar refractivity (Wildman–Crippen MR) is 106 cm³/mol. The molecule has 2 saturated heterocycles. The number of esters is 1. The molecule has 0 aliphatic carbocycles. The number of carbonyl (C=O) groups excluding carboxylic acids is 4. The van der Waals surface area contributed by atoms with Gasteiger partial charge in [-0.2, -0.15) is 0 Å². The van der Waals surface area contributed by atoms with Gasteiger partial charge in [0.25, 0.3) is 5.91 Å². The van der Waals surface area contributed by atoms with Gasteiger partial charge in [-0.3, -0.25) is 19.2 Å². The Hall–Kier alpha value is -2.90. The number of nitrogens with two attached hydrogens (primary N) is 1. The molecule has 0 radical (unpaired) electrons. The molecule has 2 fully saturated rings. The van der Waals surface area contributed by atoms with Crippen molar-refractivity contribution >= 4 is 29.4 Å². The number of piperidine rings is 1. The topological polar surface area (TPSA) is 110 Å². The van der Waals surface area contributed by atoms with Crippen molar-refractivity contribution in [2.24, 2.45) is 17.6 Å². The Morgan fingerprint density at radius 2 is 1.83 bits per heavy atom. The molecular weight excluding hydrogens is 374 g/mol. The fourth-order valence-electron chi connectivity index (χ4n) is 3.88. The van der Waals surface area contributed by atoms with Crippen molar-refractivity contribution in [1.29, 1.82) is 0 Å². The summed E-state index contributed by atoms with van der Waals surface area (Å²) in [4.78, 5) is 51.5. The third-order valence-electron chi connectivity index (χ3n) is 5.91. The molecule has 2 aliphatic rings. The van der Waals surface area contributed by atoms with Crippen LogP contribution in [0.5, 0.6) is 0 Å². The van der Waals surface area contributed by atoms with E-state index in [1.807, 2.05) is 32.0 Å². The van der Waals surface area contributed by atoms with Gasteiger partial charge in [0, 0.05) is 37.7 Å². The Morgan fingerprint density at radius 3 is 2.48 bits per heavy atom. The highest BCUT2D eigenvalue weighted by atomic mass is 16.5. The van der Waals surface area contributed by atoms with Crippen LogP contribution in [0.15, 0.2) is 18.2 Å². The first-order chi connectivity index (χ1) is 13.8. The summed E-state index contributed by atoms with van der Waals surface area (Å²) < 4.78 is 5.20. The van der Waals surface area contributed by atoms with Crippen molar-refractivity contribution in [2.45, 2.75) is 33.1 Å². The Bertz CT molecular complexity index is 830. The molecule has 1 aromatic carbocycles. The van der Waals surface area contributed by atoms with Gasteiger partial charge >= 0.3 is 5.97 Å². The minimum atomic E-state index is -0.587. The Balaban J connectivity index is 1.51. The van der Waals surface area contributed by atoms with E-state index in [1.165, 1.54) is 0 Å². The maximum atomic E-state index is 12.4. The first kappa shape index (κ1) is 20.8. The molecule has 8 heteroatoms. The molecule has 0 spiro atoms. The number of amides is 3. The predicted octanol–water partition coefficient (Wildman–Crippen LogP) is 0.923. The first-order valence-corrected chi connectivity index (χ1v) is 9.88. The molecule has 0 aromatic heterocycles. The molecule has 0 bridgehead atoms. The van der Waals surface area contributed by atoms with Crippen molar-refractivity contribution in [1.82, 2.24) is 4.90 Å². The number of aryl methyl sites for hydroxylation is 1. The quantitative estimate of drug-likeness (QED) is 0.738. The van der Waals surface area contributed by atoms with Crippen LogP contribution in [0.25, 0.3) is 0 Å². The van der Waals surface area contributed by atoms with Crippen LogP contribution in [0, 0.1) is 25.7 Å². The summed E-state index contributed by atoms with van der Waals surface area (Å²) in [6.07, 6.45) is 1.12. The number of rotatable bonds is 5. The van der Waals surface area contributed by atoms with Crippen molar-refractivity contribution in [2.75, 3.05) is 31.1 Å². The van der Waals surface area contributed by atoms with E-state index in [0.717, 1.165) is 16.8 Å². The zero-order chi connectivity index (χ0) is 21.1. The van der Waals surface area contributed by atoms with Crippen LogP contribution in [0.4, 0.5) is 5.69 Å². The lowest BCUT2D eigenvalue weighted by molar-refractivity contribution is -0.155. The van der Waals surface area contributed by atoms with E-state index in [2.05, 4.69) is 0 Å². The standard InChI is InChI=1S/C21H27N3O5/c1-13-4-3-5-17(14(13)2)24-11-16(10-18(24)25)21(28)29-12-19(26)23-8-6-15(7-9-23)20(22)27/h3-5,15-16H,6-12H2,1-2H3,(H2,22,27)/t16-/m0/s1. The number of hydrogen-bond donors (Lipinski definition) is 1. The summed E-state index contributed by atoms with van der Waals surface area (Å²) in [5.41, 5.74) is 8.18. The van der Waals surface area contributed by atoms with Gasteiger partial charge in [0.1, 0.15) is 0 Å². The molecule has 1 aromatic rings. The third kappa shape index (κ3) is 4.58. The normalized spacial score (nSPS) is 20.1. The zero-order valence-corrected chi connectivity index (χ0v) is 16.8. The zero-order valence-electron chi connectivity index (χ0n) is 16.8. The highest BCUT2D eigenvalue weighted by Gasteiger charge is 2.37. The molecular formula is C21H27N3O5. The Kier molecular flexibility index (Phi) is 6.20. The van der Waals surface area contributed by atoms with E-state index in [0.29, 0.717) is 25.9 Å². The smallest absolute Gasteiger partial charge is 0.311 e. The van der Waals surface area contributed by atoms with E-state index >= 15 is 0 Å². The van der Waals surface area contributed by atoms with Gasteiger partial charge < -0.3 is 20.3 Å². The van der Waals surface area contributed by atoms with E-state index in [4.69, 9.17) is 10.5 Å². The highest BCUT2D eigenvalue weighted by molar-refractivity contribution is 6.00. The van der Waals surface area contributed by atoms with E-state index in [9.17, 15) is 19.2 Å². The average molecular weight is 401 g/mol. The minimum absolute atomic E-state index is 0.0738. The molecule has 2 aliphatic heterocycles. The molecule has 0 unspecified atom stereocenters. The second kappa shape index (κ2) is 8.63. The van der Waals surface area contributed by atoms with E-state index in [-0.39, 0.29) is 43.2 Å². The van der Waals surface area contributed by atoms with Crippen LogP contribution in [-0.2, 0) is 23.9 Å². The van der Waals surface area contributed by atoms with Gasteiger partial charge in [0.15, 0.2) is 6.61 Å². The summed E-state index contributed by atoms with van der Waals surface area (Å²) in [7, 11) is 0. The number of primary amides is 1. The second-order valence-corrected chi connectivity index (χ2v) is 7.79. The van der Waals surface area contributed by atoms with Crippen LogP contribution in [0.2, 0.25) is 0 Å². The van der Waals surface area contributed by atoms with Gasteiger partial charge in [0.05, 0.1) is 5.92 Å². The second-order valence-electron chi connectivity index (χ2n) is 7.79. The fourth-order valence-corrected chi connectivity index (χ4v) is 3.88. The largest absolute Gasteiger partial charge is 0.455 e. The van der Waals surface area contributed by atoms with Gasteiger partial charge in [0.2, 0.25) is 11.8 Å². The first-order valence-electron chi connectivity index (χ1n) is 9.88. The Labute approximate surface area is 170 Å². The third-order valence-corrected chi connectivity index (χ3v) is 5.91. The van der Waals surface area contributed by atoms with Crippen molar-refractivity contribution < 1.29 is 23.9 Å². The fraction of sp³-hybridized carbons (Fsp3) is 0.524. The molecule has 0 saturated carbocycles. The number of anilines is 1. The number of nitrogens with zero attached hydrogens (tertiary/aromatic N) is 2. The number of benzene rings is 1. The van der Waals surface area contributed by atoms with Gasteiger partial charge in [-0.25, -0.2) is 0 Å². The molecule has 2 heterocycles. The summed E-state index contributed by atoms with van der Waals surface area (Å²) in [5.74, 6) is -2.09. The number of carbonyl (C=O) groups is 4. The maximum Gasteiger partial charge on any atom is 0.311 e. The molecule has 8 nitrogen and oxygen atoms in total. The van der Waals surface area contributed by atoms with Crippen LogP contribution >= 0.6 is 0 Å². The molecule has 1 atom stereocenters. The van der Waals surface area contributed by atoms with Crippen molar-refractivity contribution in [3.05, 3.63) is 29.3 Å². The van der Waals surface area contributed by atoms with E-state index < -0.39 is 11.9 Å². The number of ether oxygens (including phenoxy) is 1. The number of hydrogen-bond acceptors (Lipinski definition) is 5. The number of likely N-dealkylation sites (tertiary alicyclic amines) is 1. The van der Waals surface area contributed by atoms with Crippen LogP contribution in [0.3, 0.4) is 0 Å². The van der Waals surface area contributed by atoms with Gasteiger partial charge in [-0.05, 0) is 43.9 Å². The monoisotopic (exact) mass is 401 g/mol. The van der Waals surface area contributed by atoms with Crippen LogP contribution < -0.4 is 10.6 Å². The molecule has 3 amide bonds. The maximum absolute atomic E-state index is 12.4. The summed E-state index contributed by atoms with van der Waals surface area (Å²) in [6.45, 7) is 4.67. The summed E-state index contributed by atoms with van der Waals surface area (Å²) in [5, 5.41) is 0. The SMILES string of the molecule is Cc1cccc(N2C[C@@H](C(=O)OCC(=O)N3CCC(C(N)=O)CC3)CC2=O)c1C. The highest BCUT2D eigenvalue weighted by Crippen LogP contribution is 2.29. The van der Waals surface area contributed by atoms with Crippen molar-refractivity contribution in [3.8, 4) is 0 Å². The van der Waals surface area contributed by atoms with E-state index in [1.54, 1.807) is 9.80 Å². The van der Waals surface area contributed by atoms with Gasteiger partial charge in [-0.1, -0.05) is 12.1 Å². The molecule has 29 heavy (non-hydrogen) atoms. The lowest BCUT2D eigenvalue weighted by Gasteiger charge is -2.30. The lowest BCUT2D eigenvalue weighted by Crippen LogP contribution is -2.43.